The van der Waals surface area contributed by atoms with Crippen LogP contribution < -0.4 is 11.1 Å². The number of nitrogens with one attached hydrogen (secondary N) is 1. The lowest BCUT2D eigenvalue weighted by Gasteiger charge is -1.95. The molecule has 3 N–H and O–H groups in total. The first-order chi connectivity index (χ1) is 3.84. The first kappa shape index (κ1) is 8.72. The van der Waals surface area contributed by atoms with E-state index in [2.05, 4.69) is 5.32 Å². The van der Waals surface area contributed by atoms with Crippen LogP contribution in [0.15, 0.2) is 0 Å². The van der Waals surface area contributed by atoms with Crippen molar-refractivity contribution in [2.45, 2.75) is 12.8 Å². The van der Waals surface area contributed by atoms with E-state index in [-0.39, 0.29) is 25.0 Å². The Balaban J connectivity index is 0.000000640. The molecule has 1 amide bonds. The summed E-state index contributed by atoms with van der Waals surface area (Å²) in [7, 11) is 0. The van der Waals surface area contributed by atoms with Gasteiger partial charge < -0.3 is 11.1 Å². The Morgan fingerprint density at radius 2 is 2.22 bits per heavy atom. The molecule has 1 aliphatic rings. The second kappa shape index (κ2) is 3.69. The van der Waals surface area contributed by atoms with Crippen LogP contribution >= 0.6 is 12.4 Å². The van der Waals surface area contributed by atoms with Crippen molar-refractivity contribution in [1.82, 2.24) is 5.32 Å². The molecule has 4 heteroatoms. The van der Waals surface area contributed by atoms with Crippen LogP contribution in [-0.2, 0) is 4.79 Å². The average molecular weight is 151 g/mol. The van der Waals surface area contributed by atoms with Gasteiger partial charge in [0.15, 0.2) is 0 Å². The van der Waals surface area contributed by atoms with Crippen molar-refractivity contribution >= 4 is 18.3 Å². The van der Waals surface area contributed by atoms with E-state index in [4.69, 9.17) is 5.73 Å². The maximum atomic E-state index is 10.6. The van der Waals surface area contributed by atoms with Crippen molar-refractivity contribution in [3.63, 3.8) is 0 Å². The largest absolute Gasteiger partial charge is 0.344 e. The number of halogens is 1. The van der Waals surface area contributed by atoms with E-state index in [0.717, 1.165) is 12.8 Å². The molecule has 1 fully saturated rings. The van der Waals surface area contributed by atoms with Crippen LogP contribution in [0.1, 0.15) is 12.8 Å². The zero-order valence-electron chi connectivity index (χ0n) is 5.09. The van der Waals surface area contributed by atoms with Crippen LogP contribution in [0.25, 0.3) is 0 Å². The Morgan fingerprint density at radius 3 is 2.56 bits per heavy atom. The van der Waals surface area contributed by atoms with Crippen molar-refractivity contribution in [3.8, 4) is 0 Å². The van der Waals surface area contributed by atoms with Crippen LogP contribution in [0.5, 0.6) is 0 Å². The molecule has 0 aromatic carbocycles. The van der Waals surface area contributed by atoms with Gasteiger partial charge >= 0.3 is 0 Å². The molecule has 1 saturated carbocycles. The molecule has 0 radical (unpaired) electrons. The minimum atomic E-state index is 0. The molecule has 0 spiro atoms. The Labute approximate surface area is 60.4 Å². The molecule has 0 aromatic heterocycles. The molecule has 0 aromatic rings. The molecule has 54 valence electrons. The van der Waals surface area contributed by atoms with Gasteiger partial charge in [0.25, 0.3) is 0 Å². The SMILES string of the molecule is Cl.NCNC(=O)C1CC1. The third-order valence-corrected chi connectivity index (χ3v) is 1.22. The number of nitrogens with two attached hydrogens (primary N) is 1. The summed E-state index contributed by atoms with van der Waals surface area (Å²) in [4.78, 5) is 10.6. The lowest BCUT2D eigenvalue weighted by atomic mass is 10.4. The van der Waals surface area contributed by atoms with Crippen LogP contribution in [0, 0.1) is 5.92 Å². The van der Waals surface area contributed by atoms with Crippen LogP contribution in [0.2, 0.25) is 0 Å². The second-order valence-corrected chi connectivity index (χ2v) is 2.02. The normalized spacial score (nSPS) is 16.1. The van der Waals surface area contributed by atoms with Crippen molar-refractivity contribution in [3.05, 3.63) is 0 Å². The predicted octanol–water partition coefficient (Wildman–Crippen LogP) is -0.149. The Hall–Kier alpha value is -0.280. The van der Waals surface area contributed by atoms with Crippen molar-refractivity contribution < 1.29 is 4.79 Å². The highest BCUT2D eigenvalue weighted by molar-refractivity contribution is 5.85. The fraction of sp³-hybridized carbons (Fsp3) is 0.800. The van der Waals surface area contributed by atoms with E-state index in [1.54, 1.807) is 0 Å². The monoisotopic (exact) mass is 150 g/mol. The van der Waals surface area contributed by atoms with E-state index >= 15 is 0 Å². The van der Waals surface area contributed by atoms with Gasteiger partial charge in [-0.05, 0) is 12.8 Å². The van der Waals surface area contributed by atoms with Crippen LogP contribution in [-0.4, -0.2) is 12.6 Å². The van der Waals surface area contributed by atoms with Gasteiger partial charge in [-0.3, -0.25) is 4.79 Å². The maximum Gasteiger partial charge on any atom is 0.224 e. The molecule has 0 atom stereocenters. The lowest BCUT2D eigenvalue weighted by molar-refractivity contribution is -0.122. The van der Waals surface area contributed by atoms with Crippen LogP contribution in [0.4, 0.5) is 0 Å². The standard InChI is InChI=1S/C5H10N2O.ClH/c6-3-7-5(8)4-1-2-4;/h4H,1-3,6H2,(H,7,8);1H. The summed E-state index contributed by atoms with van der Waals surface area (Å²) >= 11 is 0. The Morgan fingerprint density at radius 1 is 1.67 bits per heavy atom. The summed E-state index contributed by atoms with van der Waals surface area (Å²) in [5.74, 6) is 0.408. The van der Waals surface area contributed by atoms with Crippen molar-refractivity contribution in [2.24, 2.45) is 11.7 Å². The molecular weight excluding hydrogens is 140 g/mol. The summed E-state index contributed by atoms with van der Waals surface area (Å²) in [5.41, 5.74) is 5.06. The molecule has 0 aliphatic heterocycles. The third-order valence-electron chi connectivity index (χ3n) is 1.22. The molecule has 0 unspecified atom stereocenters. The van der Waals surface area contributed by atoms with E-state index in [0.29, 0.717) is 5.92 Å². The van der Waals surface area contributed by atoms with E-state index in [1.807, 2.05) is 0 Å². The smallest absolute Gasteiger partial charge is 0.224 e. The molecule has 0 bridgehead atoms. The molecule has 0 heterocycles. The summed E-state index contributed by atoms with van der Waals surface area (Å²) in [6.07, 6.45) is 2.09. The van der Waals surface area contributed by atoms with Gasteiger partial charge in [0.1, 0.15) is 0 Å². The van der Waals surface area contributed by atoms with Gasteiger partial charge in [-0.25, -0.2) is 0 Å². The minimum Gasteiger partial charge on any atom is -0.344 e. The first-order valence-electron chi connectivity index (χ1n) is 2.82. The fourth-order valence-corrected chi connectivity index (χ4v) is 0.590. The maximum absolute atomic E-state index is 10.6. The fourth-order valence-electron chi connectivity index (χ4n) is 0.590. The number of rotatable bonds is 2. The molecule has 1 aliphatic carbocycles. The Bertz CT molecular complexity index is 103. The topological polar surface area (TPSA) is 55.1 Å². The van der Waals surface area contributed by atoms with Gasteiger partial charge in [0, 0.05) is 5.92 Å². The highest BCUT2D eigenvalue weighted by Gasteiger charge is 2.28. The zero-order valence-corrected chi connectivity index (χ0v) is 5.91. The number of hydrogen-bond acceptors (Lipinski definition) is 2. The summed E-state index contributed by atoms with van der Waals surface area (Å²) in [6, 6.07) is 0. The summed E-state index contributed by atoms with van der Waals surface area (Å²) < 4.78 is 0. The third kappa shape index (κ3) is 2.67. The van der Waals surface area contributed by atoms with E-state index in [9.17, 15) is 4.79 Å². The Kier molecular flexibility index (Phi) is 3.58. The number of carbonyl (C=O) groups excluding carboxylic acids is 1. The number of carbonyl (C=O) groups is 1. The minimum absolute atomic E-state index is 0. The lowest BCUT2D eigenvalue weighted by Crippen LogP contribution is -2.30. The summed E-state index contributed by atoms with van der Waals surface area (Å²) in [5, 5.41) is 2.55. The molecule has 0 saturated heterocycles. The number of hydrogen-bond donors (Lipinski definition) is 2. The average Bonchev–Trinajstić information content (AvgIpc) is 2.45. The summed E-state index contributed by atoms with van der Waals surface area (Å²) in [6.45, 7) is 0.273. The van der Waals surface area contributed by atoms with E-state index < -0.39 is 0 Å². The van der Waals surface area contributed by atoms with Crippen molar-refractivity contribution in [1.29, 1.82) is 0 Å². The van der Waals surface area contributed by atoms with Gasteiger partial charge in [-0.2, -0.15) is 0 Å². The van der Waals surface area contributed by atoms with Gasteiger partial charge in [-0.1, -0.05) is 0 Å². The molecule has 3 nitrogen and oxygen atoms in total. The van der Waals surface area contributed by atoms with Gasteiger partial charge in [0.2, 0.25) is 5.91 Å². The van der Waals surface area contributed by atoms with Crippen LogP contribution in [0.3, 0.4) is 0 Å². The highest BCUT2D eigenvalue weighted by atomic mass is 35.5. The molecular formula is C5H11ClN2O. The highest BCUT2D eigenvalue weighted by Crippen LogP contribution is 2.28. The predicted molar refractivity (Wildman–Crippen MR) is 37.2 cm³/mol. The molecule has 1 rings (SSSR count). The second-order valence-electron chi connectivity index (χ2n) is 2.02. The number of amides is 1. The van der Waals surface area contributed by atoms with Crippen molar-refractivity contribution in [2.75, 3.05) is 6.67 Å². The van der Waals surface area contributed by atoms with Gasteiger partial charge in [-0.15, -0.1) is 12.4 Å². The zero-order chi connectivity index (χ0) is 5.98. The first-order valence-corrected chi connectivity index (χ1v) is 2.82. The molecule has 9 heavy (non-hydrogen) atoms. The van der Waals surface area contributed by atoms with E-state index in [1.165, 1.54) is 0 Å². The van der Waals surface area contributed by atoms with Gasteiger partial charge in [0.05, 0.1) is 6.67 Å². The quantitative estimate of drug-likeness (QED) is 0.538.